The Bertz CT molecular complexity index is 353. The van der Waals surface area contributed by atoms with Crippen LogP contribution in [-0.2, 0) is 4.79 Å². The summed E-state index contributed by atoms with van der Waals surface area (Å²) in [5.74, 6) is -0.0293. The molecule has 2 aliphatic rings. The number of urea groups is 1. The van der Waals surface area contributed by atoms with E-state index in [1.165, 1.54) is 4.90 Å². The Kier molecular flexibility index (Phi) is 2.02. The standard InChI is InChI=1S/C8H13N5O2/c1-3-13-4-5(10-7(13)9)12(2)8(15)11-6(4)14/h4-5H,3H2,1-2H3,(H2,9,10)(H,11,14,15). The summed E-state index contributed by atoms with van der Waals surface area (Å²) >= 11 is 0. The van der Waals surface area contributed by atoms with Crippen LogP contribution in [0.15, 0.2) is 4.99 Å². The first kappa shape index (κ1) is 9.75. The molecular weight excluding hydrogens is 198 g/mol. The van der Waals surface area contributed by atoms with Crippen LogP contribution in [0.2, 0.25) is 0 Å². The van der Waals surface area contributed by atoms with E-state index in [0.29, 0.717) is 12.5 Å². The van der Waals surface area contributed by atoms with Gasteiger partial charge in [-0.3, -0.25) is 10.1 Å². The highest BCUT2D eigenvalue weighted by Crippen LogP contribution is 2.21. The molecule has 0 aliphatic carbocycles. The lowest BCUT2D eigenvalue weighted by Crippen LogP contribution is -2.63. The van der Waals surface area contributed by atoms with Gasteiger partial charge in [0.15, 0.2) is 18.2 Å². The van der Waals surface area contributed by atoms with E-state index in [-0.39, 0.29) is 5.91 Å². The molecule has 3 N–H and O–H groups in total. The summed E-state index contributed by atoms with van der Waals surface area (Å²) in [7, 11) is 1.59. The van der Waals surface area contributed by atoms with Crippen LogP contribution in [-0.4, -0.2) is 53.5 Å². The van der Waals surface area contributed by atoms with Gasteiger partial charge in [-0.2, -0.15) is 0 Å². The van der Waals surface area contributed by atoms with Crippen molar-refractivity contribution in [1.82, 2.24) is 15.1 Å². The Labute approximate surface area is 86.9 Å². The zero-order valence-electron chi connectivity index (χ0n) is 8.60. The Hall–Kier alpha value is -1.79. The van der Waals surface area contributed by atoms with Crippen LogP contribution >= 0.6 is 0 Å². The summed E-state index contributed by atoms with van der Waals surface area (Å²) in [4.78, 5) is 30.1. The molecule has 0 radical (unpaired) electrons. The number of carbonyl (C=O) groups is 2. The summed E-state index contributed by atoms with van der Waals surface area (Å²) in [5.41, 5.74) is 5.68. The zero-order chi connectivity index (χ0) is 11.2. The highest BCUT2D eigenvalue weighted by atomic mass is 16.2. The second-order valence-electron chi connectivity index (χ2n) is 3.54. The molecule has 1 fully saturated rings. The van der Waals surface area contributed by atoms with Crippen molar-refractivity contribution in [3.8, 4) is 0 Å². The van der Waals surface area contributed by atoms with Crippen LogP contribution in [0.25, 0.3) is 0 Å². The van der Waals surface area contributed by atoms with E-state index in [1.807, 2.05) is 6.92 Å². The average molecular weight is 211 g/mol. The van der Waals surface area contributed by atoms with Gasteiger partial charge in [-0.05, 0) is 6.92 Å². The Morgan fingerprint density at radius 1 is 1.53 bits per heavy atom. The number of imide groups is 1. The average Bonchev–Trinajstić information content (AvgIpc) is 2.52. The number of nitrogens with two attached hydrogens (primary N) is 1. The summed E-state index contributed by atoms with van der Waals surface area (Å²) in [5, 5.41) is 2.26. The van der Waals surface area contributed by atoms with Crippen LogP contribution in [0, 0.1) is 0 Å². The van der Waals surface area contributed by atoms with E-state index < -0.39 is 18.2 Å². The molecule has 3 amide bonds. The molecule has 7 heteroatoms. The third-order valence-corrected chi connectivity index (χ3v) is 2.73. The van der Waals surface area contributed by atoms with Gasteiger partial charge in [-0.15, -0.1) is 0 Å². The second-order valence-corrected chi connectivity index (χ2v) is 3.54. The molecule has 0 spiro atoms. The van der Waals surface area contributed by atoms with Crippen molar-refractivity contribution in [2.75, 3.05) is 13.6 Å². The monoisotopic (exact) mass is 211 g/mol. The van der Waals surface area contributed by atoms with Gasteiger partial charge in [0.25, 0.3) is 5.91 Å². The number of nitrogens with one attached hydrogen (secondary N) is 1. The predicted octanol–water partition coefficient (Wildman–Crippen LogP) is -1.49. The number of fused-ring (bicyclic) bond motifs is 1. The van der Waals surface area contributed by atoms with E-state index in [4.69, 9.17) is 5.73 Å². The summed E-state index contributed by atoms with van der Waals surface area (Å²) < 4.78 is 0. The van der Waals surface area contributed by atoms with Gasteiger partial charge >= 0.3 is 6.03 Å². The van der Waals surface area contributed by atoms with E-state index in [9.17, 15) is 9.59 Å². The Morgan fingerprint density at radius 3 is 2.80 bits per heavy atom. The zero-order valence-corrected chi connectivity index (χ0v) is 8.60. The predicted molar refractivity (Wildman–Crippen MR) is 52.9 cm³/mol. The van der Waals surface area contributed by atoms with Crippen molar-refractivity contribution in [2.24, 2.45) is 10.7 Å². The molecule has 82 valence electrons. The van der Waals surface area contributed by atoms with Crippen molar-refractivity contribution in [1.29, 1.82) is 0 Å². The molecule has 0 saturated carbocycles. The number of guanidine groups is 1. The topological polar surface area (TPSA) is 91.0 Å². The van der Waals surface area contributed by atoms with E-state index in [2.05, 4.69) is 10.3 Å². The second kappa shape index (κ2) is 3.11. The fourth-order valence-corrected chi connectivity index (χ4v) is 1.91. The third-order valence-electron chi connectivity index (χ3n) is 2.73. The number of nitrogens with zero attached hydrogens (tertiary/aromatic N) is 3. The third kappa shape index (κ3) is 1.23. The summed E-state index contributed by atoms with van der Waals surface area (Å²) in [6.07, 6.45) is -0.494. The molecule has 0 aromatic carbocycles. The van der Waals surface area contributed by atoms with Crippen LogP contribution in [0.1, 0.15) is 6.92 Å². The lowest BCUT2D eigenvalue weighted by Gasteiger charge is -2.35. The summed E-state index contributed by atoms with van der Waals surface area (Å²) in [6.45, 7) is 2.47. The van der Waals surface area contributed by atoms with Crippen molar-refractivity contribution in [3.63, 3.8) is 0 Å². The minimum absolute atomic E-state index is 0.309. The first-order valence-corrected chi connectivity index (χ1v) is 4.73. The molecule has 2 unspecified atom stereocenters. The van der Waals surface area contributed by atoms with Gasteiger partial charge < -0.3 is 15.5 Å². The normalized spacial score (nSPS) is 30.1. The number of rotatable bonds is 1. The smallest absolute Gasteiger partial charge is 0.325 e. The van der Waals surface area contributed by atoms with E-state index in [1.54, 1.807) is 11.9 Å². The van der Waals surface area contributed by atoms with E-state index in [0.717, 1.165) is 0 Å². The Balaban J connectivity index is 2.34. The van der Waals surface area contributed by atoms with E-state index >= 15 is 0 Å². The fourth-order valence-electron chi connectivity index (χ4n) is 1.91. The lowest BCUT2D eigenvalue weighted by atomic mass is 10.1. The largest absolute Gasteiger partial charge is 0.370 e. The highest BCUT2D eigenvalue weighted by Gasteiger charge is 2.47. The first-order valence-electron chi connectivity index (χ1n) is 4.73. The van der Waals surface area contributed by atoms with Crippen LogP contribution in [0.3, 0.4) is 0 Å². The first-order chi connectivity index (χ1) is 7.06. The quantitative estimate of drug-likeness (QED) is 0.553. The number of carbonyl (C=O) groups excluding carboxylic acids is 2. The van der Waals surface area contributed by atoms with Crippen molar-refractivity contribution < 1.29 is 9.59 Å². The van der Waals surface area contributed by atoms with Gasteiger partial charge in [0.05, 0.1) is 0 Å². The van der Waals surface area contributed by atoms with Crippen LogP contribution in [0.5, 0.6) is 0 Å². The number of hydrogen-bond donors (Lipinski definition) is 2. The van der Waals surface area contributed by atoms with Crippen LogP contribution < -0.4 is 11.1 Å². The van der Waals surface area contributed by atoms with Gasteiger partial charge in [-0.25, -0.2) is 9.79 Å². The maximum atomic E-state index is 11.6. The number of amides is 3. The molecule has 1 saturated heterocycles. The SMILES string of the molecule is CCN1C(N)=NC2C1C(=O)NC(=O)N2C. The number of likely N-dealkylation sites (N-methyl/N-ethyl adjacent to an activating group) is 2. The van der Waals surface area contributed by atoms with Crippen molar-refractivity contribution in [2.45, 2.75) is 19.1 Å². The minimum Gasteiger partial charge on any atom is -0.370 e. The molecule has 2 rings (SSSR count). The molecule has 0 aromatic heterocycles. The molecular formula is C8H13N5O2. The number of hydrogen-bond acceptors (Lipinski definition) is 5. The van der Waals surface area contributed by atoms with Gasteiger partial charge in [0.1, 0.15) is 0 Å². The van der Waals surface area contributed by atoms with Crippen LogP contribution in [0.4, 0.5) is 4.79 Å². The maximum absolute atomic E-state index is 11.6. The fraction of sp³-hybridized carbons (Fsp3) is 0.625. The van der Waals surface area contributed by atoms with Crippen molar-refractivity contribution >= 4 is 17.9 Å². The molecule has 2 heterocycles. The molecule has 15 heavy (non-hydrogen) atoms. The van der Waals surface area contributed by atoms with Gasteiger partial charge in [0, 0.05) is 13.6 Å². The summed E-state index contributed by atoms with van der Waals surface area (Å²) in [6, 6.07) is -0.923. The maximum Gasteiger partial charge on any atom is 0.325 e. The number of aliphatic imine (C=N–C) groups is 1. The molecule has 7 nitrogen and oxygen atoms in total. The molecule has 2 atom stereocenters. The Morgan fingerprint density at radius 2 is 2.20 bits per heavy atom. The minimum atomic E-state index is -0.494. The van der Waals surface area contributed by atoms with Gasteiger partial charge in [0.2, 0.25) is 0 Å². The molecule has 2 aliphatic heterocycles. The molecule has 0 bridgehead atoms. The van der Waals surface area contributed by atoms with Crippen molar-refractivity contribution in [3.05, 3.63) is 0 Å². The van der Waals surface area contributed by atoms with Gasteiger partial charge in [-0.1, -0.05) is 0 Å². The lowest BCUT2D eigenvalue weighted by molar-refractivity contribution is -0.127. The molecule has 0 aromatic rings. The highest BCUT2D eigenvalue weighted by molar-refractivity contribution is 6.03.